The van der Waals surface area contributed by atoms with Crippen molar-refractivity contribution in [1.82, 2.24) is 0 Å². The summed E-state index contributed by atoms with van der Waals surface area (Å²) in [6.07, 6.45) is 0. The standard InChI is InChI=1S/C7H10N2.H3O4P/c8-5-6-2-1-3-7(9)4-6;1-5(2,3)4/h1-4H,5,8-9H2;(H3,1,2,3,4). The molecular formula is C7H13N2O4P. The summed E-state index contributed by atoms with van der Waals surface area (Å²) in [4.78, 5) is 21.6. The molecule has 80 valence electrons. The van der Waals surface area contributed by atoms with Crippen molar-refractivity contribution < 1.29 is 19.2 Å². The molecule has 0 aliphatic heterocycles. The van der Waals surface area contributed by atoms with E-state index in [1.807, 2.05) is 24.3 Å². The van der Waals surface area contributed by atoms with Gasteiger partial charge in [0, 0.05) is 12.2 Å². The fourth-order valence-corrected chi connectivity index (χ4v) is 0.720. The Labute approximate surface area is 81.4 Å². The van der Waals surface area contributed by atoms with Crippen LogP contribution < -0.4 is 11.5 Å². The molecule has 0 bridgehead atoms. The first-order valence-electron chi connectivity index (χ1n) is 3.65. The van der Waals surface area contributed by atoms with E-state index in [2.05, 4.69) is 0 Å². The Hall–Kier alpha value is -0.910. The summed E-state index contributed by atoms with van der Waals surface area (Å²) in [5.41, 5.74) is 12.7. The number of hydrogen-bond donors (Lipinski definition) is 5. The number of phosphoric acid groups is 1. The molecule has 0 fully saturated rings. The van der Waals surface area contributed by atoms with Gasteiger partial charge in [-0.05, 0) is 17.7 Å². The van der Waals surface area contributed by atoms with Gasteiger partial charge in [-0.15, -0.1) is 0 Å². The first-order valence-corrected chi connectivity index (χ1v) is 5.22. The van der Waals surface area contributed by atoms with Crippen LogP contribution in [0.5, 0.6) is 0 Å². The fraction of sp³-hybridized carbons (Fsp3) is 0.143. The zero-order valence-corrected chi connectivity index (χ0v) is 8.26. The average Bonchev–Trinajstić information content (AvgIpc) is 2.01. The molecule has 1 rings (SSSR count). The third-order valence-corrected chi connectivity index (χ3v) is 1.19. The monoisotopic (exact) mass is 220 g/mol. The van der Waals surface area contributed by atoms with E-state index < -0.39 is 7.82 Å². The van der Waals surface area contributed by atoms with Crippen LogP contribution in [0, 0.1) is 0 Å². The summed E-state index contributed by atoms with van der Waals surface area (Å²) >= 11 is 0. The minimum Gasteiger partial charge on any atom is -0.399 e. The van der Waals surface area contributed by atoms with E-state index in [-0.39, 0.29) is 0 Å². The molecule has 1 aromatic carbocycles. The Morgan fingerprint density at radius 2 is 1.79 bits per heavy atom. The van der Waals surface area contributed by atoms with Gasteiger partial charge in [0.1, 0.15) is 0 Å². The number of nitrogens with two attached hydrogens (primary N) is 2. The van der Waals surface area contributed by atoms with Crippen molar-refractivity contribution in [3.63, 3.8) is 0 Å². The van der Waals surface area contributed by atoms with Crippen molar-refractivity contribution in [3.05, 3.63) is 29.8 Å². The molecule has 1 aromatic rings. The fourth-order valence-electron chi connectivity index (χ4n) is 0.720. The summed E-state index contributed by atoms with van der Waals surface area (Å²) < 4.78 is 8.88. The highest BCUT2D eigenvalue weighted by Gasteiger charge is 2.00. The second-order valence-corrected chi connectivity index (χ2v) is 3.49. The van der Waals surface area contributed by atoms with Gasteiger partial charge >= 0.3 is 7.82 Å². The quantitative estimate of drug-likeness (QED) is 0.329. The lowest BCUT2D eigenvalue weighted by Gasteiger charge is -1.95. The molecule has 0 radical (unpaired) electrons. The predicted molar refractivity (Wildman–Crippen MR) is 53.0 cm³/mol. The highest BCUT2D eigenvalue weighted by Crippen LogP contribution is 2.25. The molecule has 0 spiro atoms. The van der Waals surface area contributed by atoms with Gasteiger partial charge in [0.05, 0.1) is 0 Å². The van der Waals surface area contributed by atoms with E-state index in [1.54, 1.807) is 0 Å². The second-order valence-electron chi connectivity index (χ2n) is 2.46. The van der Waals surface area contributed by atoms with Crippen LogP contribution in [0.4, 0.5) is 5.69 Å². The third kappa shape index (κ3) is 9.18. The number of hydrogen-bond acceptors (Lipinski definition) is 3. The second kappa shape index (κ2) is 5.74. The summed E-state index contributed by atoms with van der Waals surface area (Å²) in [5, 5.41) is 0. The Bertz CT molecular complexity index is 317. The zero-order chi connectivity index (χ0) is 11.2. The Kier molecular flexibility index (Phi) is 5.37. The Balaban J connectivity index is 0.000000292. The van der Waals surface area contributed by atoms with E-state index in [4.69, 9.17) is 30.7 Å². The minimum absolute atomic E-state index is 0.561. The molecule has 0 saturated carbocycles. The van der Waals surface area contributed by atoms with Gasteiger partial charge in [-0.3, -0.25) is 0 Å². The minimum atomic E-state index is -4.64. The number of rotatable bonds is 1. The van der Waals surface area contributed by atoms with Crippen LogP contribution in [0.2, 0.25) is 0 Å². The molecule has 0 heterocycles. The largest absolute Gasteiger partial charge is 0.466 e. The van der Waals surface area contributed by atoms with Crippen LogP contribution >= 0.6 is 7.82 Å². The molecule has 0 atom stereocenters. The highest BCUT2D eigenvalue weighted by molar-refractivity contribution is 7.45. The Morgan fingerprint density at radius 3 is 2.07 bits per heavy atom. The zero-order valence-electron chi connectivity index (χ0n) is 7.37. The Morgan fingerprint density at radius 1 is 1.29 bits per heavy atom. The molecule has 0 aromatic heterocycles. The van der Waals surface area contributed by atoms with Crippen molar-refractivity contribution in [2.24, 2.45) is 5.73 Å². The van der Waals surface area contributed by atoms with Gasteiger partial charge in [0.2, 0.25) is 0 Å². The smallest absolute Gasteiger partial charge is 0.399 e. The van der Waals surface area contributed by atoms with Crippen LogP contribution in [0.15, 0.2) is 24.3 Å². The number of benzene rings is 1. The summed E-state index contributed by atoms with van der Waals surface area (Å²) in [7, 11) is -4.64. The topological polar surface area (TPSA) is 130 Å². The van der Waals surface area contributed by atoms with E-state index in [0.29, 0.717) is 6.54 Å². The SMILES string of the molecule is NCc1cccc(N)c1.O=P(O)(O)O. The first kappa shape index (κ1) is 13.1. The van der Waals surface area contributed by atoms with Crippen molar-refractivity contribution >= 4 is 13.5 Å². The summed E-state index contributed by atoms with van der Waals surface area (Å²) in [5.74, 6) is 0. The maximum absolute atomic E-state index is 8.88. The summed E-state index contributed by atoms with van der Waals surface area (Å²) in [6, 6.07) is 7.58. The predicted octanol–water partition coefficient (Wildman–Crippen LogP) is -0.201. The van der Waals surface area contributed by atoms with Gasteiger partial charge in [-0.2, -0.15) is 0 Å². The van der Waals surface area contributed by atoms with Crippen LogP contribution in [-0.2, 0) is 11.1 Å². The van der Waals surface area contributed by atoms with Crippen molar-refractivity contribution in [1.29, 1.82) is 0 Å². The lowest BCUT2D eigenvalue weighted by Crippen LogP contribution is -1.96. The number of anilines is 1. The van der Waals surface area contributed by atoms with Gasteiger partial charge in [-0.1, -0.05) is 12.1 Å². The third-order valence-electron chi connectivity index (χ3n) is 1.19. The van der Waals surface area contributed by atoms with Crippen molar-refractivity contribution in [2.75, 3.05) is 5.73 Å². The first-order chi connectivity index (χ1) is 6.33. The van der Waals surface area contributed by atoms with E-state index in [1.165, 1.54) is 0 Å². The molecule has 0 aliphatic rings. The van der Waals surface area contributed by atoms with Crippen LogP contribution in [0.25, 0.3) is 0 Å². The molecule has 7 N–H and O–H groups in total. The normalized spacial score (nSPS) is 10.3. The van der Waals surface area contributed by atoms with Crippen LogP contribution in [0.1, 0.15) is 5.56 Å². The van der Waals surface area contributed by atoms with Crippen molar-refractivity contribution in [3.8, 4) is 0 Å². The van der Waals surface area contributed by atoms with Gasteiger partial charge in [-0.25, -0.2) is 4.57 Å². The maximum atomic E-state index is 8.88. The molecule has 0 saturated heterocycles. The number of nitrogen functional groups attached to an aromatic ring is 1. The molecule has 6 nitrogen and oxygen atoms in total. The van der Waals surface area contributed by atoms with Gasteiger partial charge in [0.15, 0.2) is 0 Å². The molecule has 0 aliphatic carbocycles. The molecular weight excluding hydrogens is 207 g/mol. The molecule has 0 amide bonds. The van der Waals surface area contributed by atoms with E-state index in [0.717, 1.165) is 11.3 Å². The van der Waals surface area contributed by atoms with Gasteiger partial charge < -0.3 is 26.1 Å². The maximum Gasteiger partial charge on any atom is 0.466 e. The van der Waals surface area contributed by atoms with E-state index in [9.17, 15) is 0 Å². The van der Waals surface area contributed by atoms with Crippen LogP contribution in [-0.4, -0.2) is 14.7 Å². The average molecular weight is 220 g/mol. The van der Waals surface area contributed by atoms with Crippen molar-refractivity contribution in [2.45, 2.75) is 6.54 Å². The lowest BCUT2D eigenvalue weighted by molar-refractivity contribution is 0.275. The molecule has 7 heteroatoms. The van der Waals surface area contributed by atoms with Gasteiger partial charge in [0.25, 0.3) is 0 Å². The van der Waals surface area contributed by atoms with E-state index >= 15 is 0 Å². The highest BCUT2D eigenvalue weighted by atomic mass is 31.2. The summed E-state index contributed by atoms with van der Waals surface area (Å²) in [6.45, 7) is 0.561. The molecule has 0 unspecified atom stereocenters. The van der Waals surface area contributed by atoms with Crippen LogP contribution in [0.3, 0.4) is 0 Å². The molecule has 14 heavy (non-hydrogen) atoms. The lowest BCUT2D eigenvalue weighted by atomic mass is 10.2.